The summed E-state index contributed by atoms with van der Waals surface area (Å²) in [6.45, 7) is 0.197. The minimum absolute atomic E-state index is 0.0890. The number of aromatic carboxylic acids is 1. The topological polar surface area (TPSA) is 96.0 Å². The molecule has 1 heterocycles. The van der Waals surface area contributed by atoms with E-state index in [1.165, 1.54) is 19.2 Å². The summed E-state index contributed by atoms with van der Waals surface area (Å²) in [6, 6.07) is 17.8. The van der Waals surface area contributed by atoms with Crippen molar-refractivity contribution in [2.75, 3.05) is 12.0 Å². The van der Waals surface area contributed by atoms with E-state index in [-0.39, 0.29) is 17.1 Å². The second-order valence-electron chi connectivity index (χ2n) is 7.18. The summed E-state index contributed by atoms with van der Waals surface area (Å²) in [6.07, 6.45) is 1.62. The highest BCUT2D eigenvalue weighted by Crippen LogP contribution is 2.37. The molecule has 1 fully saturated rings. The van der Waals surface area contributed by atoms with E-state index in [2.05, 4.69) is 0 Å². The molecule has 0 atom stereocenters. The molecule has 9 heteroatoms. The average Bonchev–Trinajstić information content (AvgIpc) is 3.11. The van der Waals surface area contributed by atoms with Gasteiger partial charge in [-0.05, 0) is 70.9 Å². The number of imide groups is 1. The van der Waals surface area contributed by atoms with Gasteiger partial charge in [0.15, 0.2) is 11.5 Å². The van der Waals surface area contributed by atoms with Crippen LogP contribution in [0.4, 0.5) is 10.5 Å². The van der Waals surface area contributed by atoms with Crippen molar-refractivity contribution in [3.63, 3.8) is 0 Å². The number of hydrogen-bond donors (Lipinski definition) is 0. The normalized spacial score (nSPS) is 14.5. The van der Waals surface area contributed by atoms with Gasteiger partial charge in [0.2, 0.25) is 0 Å². The zero-order valence-electron chi connectivity index (χ0n) is 17.8. The maximum atomic E-state index is 12.8. The SMILES string of the molecule is COc1cc(/C=C2\SC(=O)N(c3ccc(Cl)cc3)C2=O)ccc1OCc1ccc(C(=O)[O-])cc1. The number of methoxy groups -OCH3 is 1. The maximum absolute atomic E-state index is 12.8. The Morgan fingerprint density at radius 2 is 1.74 bits per heavy atom. The molecule has 0 saturated carbocycles. The molecule has 1 saturated heterocycles. The lowest BCUT2D eigenvalue weighted by Crippen LogP contribution is -2.27. The fraction of sp³-hybridized carbons (Fsp3) is 0.0800. The second kappa shape index (κ2) is 10.0. The summed E-state index contributed by atoms with van der Waals surface area (Å²) in [5.74, 6) is -0.748. The number of hydrogen-bond acceptors (Lipinski definition) is 7. The van der Waals surface area contributed by atoms with Crippen LogP contribution in [-0.2, 0) is 11.4 Å². The molecule has 0 radical (unpaired) electrons. The minimum Gasteiger partial charge on any atom is -0.545 e. The summed E-state index contributed by atoms with van der Waals surface area (Å²) >= 11 is 6.74. The van der Waals surface area contributed by atoms with Gasteiger partial charge in [-0.1, -0.05) is 41.9 Å². The highest BCUT2D eigenvalue weighted by atomic mass is 35.5. The Kier molecular flexibility index (Phi) is 6.90. The number of nitrogens with zero attached hydrogens (tertiary/aromatic N) is 1. The number of thioether (sulfide) groups is 1. The van der Waals surface area contributed by atoms with Crippen molar-refractivity contribution in [1.29, 1.82) is 0 Å². The number of anilines is 1. The van der Waals surface area contributed by atoms with Crippen LogP contribution < -0.4 is 19.5 Å². The van der Waals surface area contributed by atoms with E-state index in [0.717, 1.165) is 22.2 Å². The third-order valence-corrected chi connectivity index (χ3v) is 6.07. The standard InChI is InChI=1S/C25H18ClNO6S/c1-32-21-12-16(4-11-20(21)33-14-15-2-5-17(6-3-15)24(29)30)13-22-23(28)27(25(31)34-22)19-9-7-18(26)8-10-19/h2-13H,14H2,1H3,(H,29,30)/p-1/b22-13-. The van der Waals surface area contributed by atoms with Crippen molar-refractivity contribution < 1.29 is 29.0 Å². The zero-order chi connectivity index (χ0) is 24.2. The third kappa shape index (κ3) is 5.08. The number of carboxylic acid groups (broad SMARTS) is 1. The Morgan fingerprint density at radius 3 is 2.38 bits per heavy atom. The van der Waals surface area contributed by atoms with Crippen molar-refractivity contribution in [2.45, 2.75) is 6.61 Å². The van der Waals surface area contributed by atoms with Gasteiger partial charge in [0, 0.05) is 5.02 Å². The van der Waals surface area contributed by atoms with Crippen molar-refractivity contribution in [3.05, 3.63) is 93.3 Å². The van der Waals surface area contributed by atoms with Gasteiger partial charge >= 0.3 is 0 Å². The van der Waals surface area contributed by atoms with Crippen LogP contribution in [0, 0.1) is 0 Å². The number of carbonyl (C=O) groups excluding carboxylic acids is 3. The van der Waals surface area contributed by atoms with E-state index in [4.69, 9.17) is 21.1 Å². The fourth-order valence-electron chi connectivity index (χ4n) is 3.22. The van der Waals surface area contributed by atoms with Gasteiger partial charge in [-0.15, -0.1) is 0 Å². The lowest BCUT2D eigenvalue weighted by molar-refractivity contribution is -0.255. The van der Waals surface area contributed by atoms with E-state index >= 15 is 0 Å². The minimum atomic E-state index is -1.24. The molecule has 3 aromatic carbocycles. The first-order valence-corrected chi connectivity index (χ1v) is 11.2. The van der Waals surface area contributed by atoms with E-state index in [0.29, 0.717) is 27.8 Å². The summed E-state index contributed by atoms with van der Waals surface area (Å²) in [5.41, 5.74) is 1.96. The number of carboxylic acids is 1. The predicted octanol–water partition coefficient (Wildman–Crippen LogP) is 4.53. The molecule has 0 unspecified atom stereocenters. The van der Waals surface area contributed by atoms with Gasteiger partial charge in [0.1, 0.15) is 6.61 Å². The molecule has 0 bridgehead atoms. The first-order valence-electron chi connectivity index (χ1n) is 10.0. The first-order chi connectivity index (χ1) is 16.4. The molecule has 0 N–H and O–H groups in total. The van der Waals surface area contributed by atoms with Crippen LogP contribution in [-0.4, -0.2) is 24.2 Å². The molecule has 0 aromatic heterocycles. The number of benzene rings is 3. The molecule has 4 rings (SSSR count). The van der Waals surface area contributed by atoms with E-state index in [1.54, 1.807) is 60.7 Å². The van der Waals surface area contributed by atoms with Crippen LogP contribution in [0.2, 0.25) is 5.02 Å². The number of ether oxygens (including phenoxy) is 2. The van der Waals surface area contributed by atoms with Crippen LogP contribution in [0.3, 0.4) is 0 Å². The molecule has 34 heavy (non-hydrogen) atoms. The molecule has 1 aliphatic heterocycles. The first kappa shape index (κ1) is 23.4. The monoisotopic (exact) mass is 494 g/mol. The Bertz CT molecular complexity index is 1290. The molecule has 3 aromatic rings. The van der Waals surface area contributed by atoms with Crippen LogP contribution in [0.15, 0.2) is 71.6 Å². The Balaban J connectivity index is 1.49. The molecular weight excluding hydrogens is 478 g/mol. The summed E-state index contributed by atoms with van der Waals surface area (Å²) in [4.78, 5) is 37.5. The van der Waals surface area contributed by atoms with E-state index in [1.807, 2.05) is 0 Å². The number of halogens is 1. The summed E-state index contributed by atoms with van der Waals surface area (Å²) in [5, 5.41) is 11.0. The van der Waals surface area contributed by atoms with Gasteiger partial charge in [-0.2, -0.15) is 0 Å². The van der Waals surface area contributed by atoms with Crippen LogP contribution >= 0.6 is 23.4 Å². The predicted molar refractivity (Wildman–Crippen MR) is 128 cm³/mol. The molecule has 2 amide bonds. The van der Waals surface area contributed by atoms with Crippen molar-refractivity contribution in [1.82, 2.24) is 0 Å². The van der Waals surface area contributed by atoms with Gasteiger partial charge < -0.3 is 19.4 Å². The fourth-order valence-corrected chi connectivity index (χ4v) is 4.19. The number of amides is 2. The molecular formula is C25H17ClNO6S-. The van der Waals surface area contributed by atoms with Gasteiger partial charge in [-0.3, -0.25) is 9.59 Å². The molecule has 0 spiro atoms. The lowest BCUT2D eigenvalue weighted by Gasteiger charge is -2.13. The quantitative estimate of drug-likeness (QED) is 0.445. The Hall–Kier alpha value is -3.75. The summed E-state index contributed by atoms with van der Waals surface area (Å²) < 4.78 is 11.2. The largest absolute Gasteiger partial charge is 0.545 e. The Morgan fingerprint density at radius 1 is 1.03 bits per heavy atom. The molecule has 7 nitrogen and oxygen atoms in total. The lowest BCUT2D eigenvalue weighted by atomic mass is 10.1. The van der Waals surface area contributed by atoms with Crippen LogP contribution in [0.25, 0.3) is 6.08 Å². The van der Waals surface area contributed by atoms with E-state index in [9.17, 15) is 19.5 Å². The van der Waals surface area contributed by atoms with Crippen LogP contribution in [0.5, 0.6) is 11.5 Å². The van der Waals surface area contributed by atoms with Crippen molar-refractivity contribution >= 4 is 52.2 Å². The van der Waals surface area contributed by atoms with E-state index < -0.39 is 17.1 Å². The number of carbonyl (C=O) groups is 3. The molecule has 0 aliphatic carbocycles. The van der Waals surface area contributed by atoms with Gasteiger partial charge in [0.05, 0.1) is 23.7 Å². The number of rotatable bonds is 7. The third-order valence-electron chi connectivity index (χ3n) is 4.95. The van der Waals surface area contributed by atoms with Gasteiger partial charge in [0.25, 0.3) is 11.1 Å². The van der Waals surface area contributed by atoms with Gasteiger partial charge in [-0.25, -0.2) is 4.90 Å². The average molecular weight is 495 g/mol. The zero-order valence-corrected chi connectivity index (χ0v) is 19.4. The molecule has 172 valence electrons. The van der Waals surface area contributed by atoms with Crippen molar-refractivity contribution in [3.8, 4) is 11.5 Å². The highest BCUT2D eigenvalue weighted by Gasteiger charge is 2.36. The highest BCUT2D eigenvalue weighted by molar-refractivity contribution is 8.19. The van der Waals surface area contributed by atoms with Crippen molar-refractivity contribution in [2.24, 2.45) is 0 Å². The second-order valence-corrected chi connectivity index (χ2v) is 8.61. The van der Waals surface area contributed by atoms with Crippen LogP contribution in [0.1, 0.15) is 21.5 Å². The maximum Gasteiger partial charge on any atom is 0.298 e. The molecule has 1 aliphatic rings. The smallest absolute Gasteiger partial charge is 0.298 e. The summed E-state index contributed by atoms with van der Waals surface area (Å²) in [7, 11) is 1.50. The Labute approximate surface area is 204 Å².